The van der Waals surface area contributed by atoms with Crippen molar-refractivity contribution < 1.29 is 4.74 Å². The summed E-state index contributed by atoms with van der Waals surface area (Å²) >= 11 is 3.56. The van der Waals surface area contributed by atoms with Crippen molar-refractivity contribution in [1.29, 1.82) is 0 Å². The van der Waals surface area contributed by atoms with Crippen LogP contribution in [0.4, 0.5) is 5.69 Å². The van der Waals surface area contributed by atoms with Gasteiger partial charge in [-0.15, -0.1) is 0 Å². The molecule has 0 radical (unpaired) electrons. The Bertz CT molecular complexity index is 623. The molecule has 0 aliphatic carbocycles. The van der Waals surface area contributed by atoms with Gasteiger partial charge < -0.3 is 10.1 Å². The van der Waals surface area contributed by atoms with Crippen LogP contribution in [-0.2, 0) is 6.61 Å². The Kier molecular flexibility index (Phi) is 4.71. The van der Waals surface area contributed by atoms with Gasteiger partial charge in [-0.05, 0) is 55.2 Å². The maximum Gasteiger partial charge on any atom is 0.145 e. The van der Waals surface area contributed by atoms with E-state index >= 15 is 0 Å². The van der Waals surface area contributed by atoms with Crippen LogP contribution in [0.15, 0.2) is 34.8 Å². The molecule has 0 amide bonds. The minimum atomic E-state index is 0.583. The molecule has 2 nitrogen and oxygen atoms in total. The van der Waals surface area contributed by atoms with E-state index in [1.807, 2.05) is 19.2 Å². The van der Waals surface area contributed by atoms with Crippen molar-refractivity contribution in [2.45, 2.75) is 27.4 Å². The lowest BCUT2D eigenvalue weighted by Gasteiger charge is -2.15. The smallest absolute Gasteiger partial charge is 0.145 e. The number of benzene rings is 2. The van der Waals surface area contributed by atoms with Gasteiger partial charge in [-0.3, -0.25) is 0 Å². The summed E-state index contributed by atoms with van der Waals surface area (Å²) in [6, 6.07) is 10.4. The predicted molar refractivity (Wildman–Crippen MR) is 88.7 cm³/mol. The summed E-state index contributed by atoms with van der Waals surface area (Å²) < 4.78 is 7.19. The van der Waals surface area contributed by atoms with E-state index in [0.717, 1.165) is 21.5 Å². The van der Waals surface area contributed by atoms with Crippen LogP contribution in [0, 0.1) is 20.8 Å². The molecule has 0 unspecified atom stereocenters. The molecular formula is C17H20BrNO. The van der Waals surface area contributed by atoms with E-state index in [9.17, 15) is 0 Å². The summed E-state index contributed by atoms with van der Waals surface area (Å²) in [5.74, 6) is 0.926. The number of hydrogen-bond acceptors (Lipinski definition) is 2. The first-order chi connectivity index (χ1) is 9.52. The zero-order valence-electron chi connectivity index (χ0n) is 12.4. The molecular weight excluding hydrogens is 314 g/mol. The third kappa shape index (κ3) is 3.15. The molecule has 2 aromatic rings. The number of para-hydroxylation sites is 1. The summed E-state index contributed by atoms with van der Waals surface area (Å²) in [6.45, 7) is 6.86. The molecule has 1 N–H and O–H groups in total. The van der Waals surface area contributed by atoms with Crippen LogP contribution in [0.3, 0.4) is 0 Å². The molecule has 3 heteroatoms. The van der Waals surface area contributed by atoms with Crippen LogP contribution in [0.1, 0.15) is 22.3 Å². The van der Waals surface area contributed by atoms with E-state index in [-0.39, 0.29) is 0 Å². The van der Waals surface area contributed by atoms with Crippen molar-refractivity contribution in [3.8, 4) is 5.75 Å². The van der Waals surface area contributed by atoms with Gasteiger partial charge in [0, 0.05) is 11.5 Å². The Morgan fingerprint density at radius 3 is 2.50 bits per heavy atom. The Morgan fingerprint density at radius 2 is 1.80 bits per heavy atom. The van der Waals surface area contributed by atoms with Gasteiger partial charge in [0.25, 0.3) is 0 Å². The standard InChI is InChI=1S/C17H20BrNO/c1-11-6-5-7-16(19-4)17(11)20-10-14-8-13(3)15(18)9-12(14)2/h5-9,19H,10H2,1-4H3. The lowest BCUT2D eigenvalue weighted by atomic mass is 10.1. The SMILES string of the molecule is CNc1cccc(C)c1OCc1cc(C)c(Br)cc1C. The van der Waals surface area contributed by atoms with Gasteiger partial charge in [-0.25, -0.2) is 0 Å². The minimum absolute atomic E-state index is 0.583. The first kappa shape index (κ1) is 14.9. The molecule has 20 heavy (non-hydrogen) atoms. The number of aryl methyl sites for hydroxylation is 3. The van der Waals surface area contributed by atoms with Crippen molar-refractivity contribution in [1.82, 2.24) is 0 Å². The number of hydrogen-bond donors (Lipinski definition) is 1. The van der Waals surface area contributed by atoms with Gasteiger partial charge in [0.2, 0.25) is 0 Å². The summed E-state index contributed by atoms with van der Waals surface area (Å²) in [5.41, 5.74) is 5.85. The first-order valence-corrected chi connectivity index (χ1v) is 7.48. The zero-order valence-corrected chi connectivity index (χ0v) is 14.0. The van der Waals surface area contributed by atoms with Crippen LogP contribution < -0.4 is 10.1 Å². The molecule has 0 aliphatic heterocycles. The topological polar surface area (TPSA) is 21.3 Å². The van der Waals surface area contributed by atoms with Crippen LogP contribution in [-0.4, -0.2) is 7.05 Å². The van der Waals surface area contributed by atoms with E-state index in [2.05, 4.69) is 60.2 Å². The van der Waals surface area contributed by atoms with Crippen molar-refractivity contribution in [3.05, 3.63) is 57.1 Å². The Labute approximate surface area is 129 Å². The summed E-state index contributed by atoms with van der Waals surface area (Å²) in [5, 5.41) is 3.18. The largest absolute Gasteiger partial charge is 0.486 e. The van der Waals surface area contributed by atoms with Crippen LogP contribution in [0.2, 0.25) is 0 Å². The van der Waals surface area contributed by atoms with Gasteiger partial charge in [-0.1, -0.05) is 34.1 Å². The molecule has 2 rings (SSSR count). The molecule has 0 bridgehead atoms. The molecule has 0 spiro atoms. The number of ether oxygens (including phenoxy) is 1. The average molecular weight is 334 g/mol. The summed E-state index contributed by atoms with van der Waals surface area (Å²) in [6.07, 6.45) is 0. The Hall–Kier alpha value is -1.48. The lowest BCUT2D eigenvalue weighted by Crippen LogP contribution is -2.02. The van der Waals surface area contributed by atoms with Crippen molar-refractivity contribution >= 4 is 21.6 Å². The van der Waals surface area contributed by atoms with Gasteiger partial charge in [0.15, 0.2) is 0 Å². The highest BCUT2D eigenvalue weighted by atomic mass is 79.9. The maximum atomic E-state index is 6.04. The number of anilines is 1. The number of halogens is 1. The minimum Gasteiger partial charge on any atom is -0.486 e. The second kappa shape index (κ2) is 6.31. The van der Waals surface area contributed by atoms with Gasteiger partial charge >= 0.3 is 0 Å². The second-order valence-electron chi connectivity index (χ2n) is 5.02. The van der Waals surface area contributed by atoms with Gasteiger partial charge in [0.05, 0.1) is 5.69 Å². The van der Waals surface area contributed by atoms with Crippen molar-refractivity contribution in [2.75, 3.05) is 12.4 Å². The molecule has 0 saturated heterocycles. The normalized spacial score (nSPS) is 10.4. The average Bonchev–Trinajstić information content (AvgIpc) is 2.42. The highest BCUT2D eigenvalue weighted by Crippen LogP contribution is 2.29. The summed E-state index contributed by atoms with van der Waals surface area (Å²) in [4.78, 5) is 0. The van der Waals surface area contributed by atoms with Crippen LogP contribution >= 0.6 is 15.9 Å². The van der Waals surface area contributed by atoms with Crippen LogP contribution in [0.5, 0.6) is 5.75 Å². The summed E-state index contributed by atoms with van der Waals surface area (Å²) in [7, 11) is 1.91. The van der Waals surface area contributed by atoms with Gasteiger partial charge in [-0.2, -0.15) is 0 Å². The third-order valence-corrected chi connectivity index (χ3v) is 4.32. The first-order valence-electron chi connectivity index (χ1n) is 6.68. The fourth-order valence-electron chi connectivity index (χ4n) is 2.19. The molecule has 0 atom stereocenters. The molecule has 2 aromatic carbocycles. The van der Waals surface area contributed by atoms with E-state index in [4.69, 9.17) is 4.74 Å². The Balaban J connectivity index is 2.23. The van der Waals surface area contributed by atoms with Crippen molar-refractivity contribution in [2.24, 2.45) is 0 Å². The molecule has 106 valence electrons. The third-order valence-electron chi connectivity index (χ3n) is 3.47. The predicted octanol–water partition coefficient (Wildman–Crippen LogP) is 5.00. The fraction of sp³-hybridized carbons (Fsp3) is 0.294. The van der Waals surface area contributed by atoms with Crippen LogP contribution in [0.25, 0.3) is 0 Å². The van der Waals surface area contributed by atoms with Crippen molar-refractivity contribution in [3.63, 3.8) is 0 Å². The zero-order chi connectivity index (χ0) is 14.7. The molecule has 0 saturated carbocycles. The van der Waals surface area contributed by atoms with E-state index in [1.54, 1.807) is 0 Å². The quantitative estimate of drug-likeness (QED) is 0.850. The number of rotatable bonds is 4. The lowest BCUT2D eigenvalue weighted by molar-refractivity contribution is 0.305. The fourth-order valence-corrected chi connectivity index (χ4v) is 2.64. The highest BCUT2D eigenvalue weighted by Gasteiger charge is 2.08. The Morgan fingerprint density at radius 1 is 1.05 bits per heavy atom. The molecule has 0 fully saturated rings. The number of nitrogens with one attached hydrogen (secondary N) is 1. The van der Waals surface area contributed by atoms with E-state index in [1.165, 1.54) is 16.7 Å². The highest BCUT2D eigenvalue weighted by molar-refractivity contribution is 9.10. The molecule has 0 heterocycles. The maximum absolute atomic E-state index is 6.04. The molecule has 0 aromatic heterocycles. The van der Waals surface area contributed by atoms with E-state index < -0.39 is 0 Å². The molecule has 0 aliphatic rings. The van der Waals surface area contributed by atoms with E-state index in [0.29, 0.717) is 6.61 Å². The van der Waals surface area contributed by atoms with Gasteiger partial charge in [0.1, 0.15) is 12.4 Å². The second-order valence-corrected chi connectivity index (χ2v) is 5.87. The monoisotopic (exact) mass is 333 g/mol.